The second kappa shape index (κ2) is 4.49. The van der Waals surface area contributed by atoms with Crippen LogP contribution in [0.15, 0.2) is 35.5 Å². The highest BCUT2D eigenvalue weighted by Gasteiger charge is 2.09. The predicted molar refractivity (Wildman–Crippen MR) is 61.8 cm³/mol. The van der Waals surface area contributed by atoms with Crippen molar-refractivity contribution in [2.75, 3.05) is 0 Å². The number of aryl methyl sites for hydroxylation is 1. The van der Waals surface area contributed by atoms with Gasteiger partial charge >= 0.3 is 0 Å². The molecule has 0 aliphatic heterocycles. The Morgan fingerprint density at radius 3 is 2.60 bits per heavy atom. The minimum absolute atomic E-state index is 0.376. The molecule has 1 N–H and O–H groups in total. The van der Waals surface area contributed by atoms with Crippen molar-refractivity contribution in [3.63, 3.8) is 0 Å². The Hall–Kier alpha value is -1.29. The topological polar surface area (TPSA) is 41.6 Å². The lowest BCUT2D eigenvalue weighted by Crippen LogP contribution is -1.88. The smallest absolute Gasteiger partial charge is 0.209 e. The molecular formula is C11H13N3S. The van der Waals surface area contributed by atoms with Gasteiger partial charge < -0.3 is 0 Å². The highest BCUT2D eigenvalue weighted by molar-refractivity contribution is 7.99. The summed E-state index contributed by atoms with van der Waals surface area (Å²) in [6.07, 6.45) is 0. The van der Waals surface area contributed by atoms with Crippen LogP contribution in [0.1, 0.15) is 23.6 Å². The van der Waals surface area contributed by atoms with E-state index in [1.807, 2.05) is 13.0 Å². The summed E-state index contributed by atoms with van der Waals surface area (Å²) < 4.78 is 0. The molecule has 2 aromatic rings. The van der Waals surface area contributed by atoms with Crippen LogP contribution in [0.2, 0.25) is 0 Å². The average molecular weight is 219 g/mol. The van der Waals surface area contributed by atoms with Crippen LogP contribution < -0.4 is 0 Å². The van der Waals surface area contributed by atoms with Crippen molar-refractivity contribution >= 4 is 11.8 Å². The van der Waals surface area contributed by atoms with Crippen LogP contribution in [0.25, 0.3) is 0 Å². The molecular weight excluding hydrogens is 206 g/mol. The van der Waals surface area contributed by atoms with E-state index in [2.05, 4.69) is 46.4 Å². The van der Waals surface area contributed by atoms with Crippen molar-refractivity contribution in [1.29, 1.82) is 0 Å². The van der Waals surface area contributed by atoms with E-state index in [1.54, 1.807) is 11.8 Å². The van der Waals surface area contributed by atoms with E-state index in [0.717, 1.165) is 11.0 Å². The maximum atomic E-state index is 4.27. The van der Waals surface area contributed by atoms with Gasteiger partial charge in [0.25, 0.3) is 0 Å². The van der Waals surface area contributed by atoms with Crippen molar-refractivity contribution in [2.45, 2.75) is 24.3 Å². The van der Waals surface area contributed by atoms with Gasteiger partial charge in [-0.25, -0.2) is 4.98 Å². The third-order valence-corrected chi connectivity index (χ3v) is 3.15. The van der Waals surface area contributed by atoms with Crippen LogP contribution in [0.3, 0.4) is 0 Å². The number of nitrogens with one attached hydrogen (secondary N) is 1. The van der Waals surface area contributed by atoms with Gasteiger partial charge in [0, 0.05) is 5.25 Å². The van der Waals surface area contributed by atoms with Gasteiger partial charge in [0.15, 0.2) is 0 Å². The molecule has 3 nitrogen and oxygen atoms in total. The maximum absolute atomic E-state index is 4.27. The number of hydrogen-bond acceptors (Lipinski definition) is 3. The summed E-state index contributed by atoms with van der Waals surface area (Å²) in [5.74, 6) is 0.859. The van der Waals surface area contributed by atoms with E-state index in [0.29, 0.717) is 5.25 Å². The molecule has 15 heavy (non-hydrogen) atoms. The zero-order valence-corrected chi connectivity index (χ0v) is 9.58. The number of rotatable bonds is 3. The molecule has 4 heteroatoms. The molecule has 0 radical (unpaired) electrons. The number of nitrogens with zero attached hydrogens (tertiary/aromatic N) is 2. The van der Waals surface area contributed by atoms with Gasteiger partial charge in [-0.3, -0.25) is 5.10 Å². The lowest BCUT2D eigenvalue weighted by Gasteiger charge is -2.07. The number of H-pyrrole nitrogens is 1. The number of aromatic amines is 1. The van der Waals surface area contributed by atoms with Crippen LogP contribution in [0, 0.1) is 6.92 Å². The second-order valence-electron chi connectivity index (χ2n) is 3.37. The number of thioether (sulfide) groups is 1. The largest absolute Gasteiger partial charge is 0.262 e. The molecule has 0 aliphatic rings. The van der Waals surface area contributed by atoms with Crippen molar-refractivity contribution in [2.24, 2.45) is 0 Å². The Kier molecular flexibility index (Phi) is 3.06. The van der Waals surface area contributed by atoms with Crippen LogP contribution in [-0.2, 0) is 0 Å². The van der Waals surface area contributed by atoms with Gasteiger partial charge in [-0.2, -0.15) is 0 Å². The fourth-order valence-corrected chi connectivity index (χ4v) is 2.22. The zero-order valence-electron chi connectivity index (χ0n) is 8.77. The fourth-order valence-electron chi connectivity index (χ4n) is 1.33. The molecule has 0 amide bonds. The molecule has 1 aromatic carbocycles. The van der Waals surface area contributed by atoms with Crippen molar-refractivity contribution in [1.82, 2.24) is 15.2 Å². The standard InChI is InChI=1S/C11H13N3S/c1-8(10-6-4-3-5-7-10)15-11-12-9(2)13-14-11/h3-8H,1-2H3,(H,12,13,14)/t8-/m1/s1. The van der Waals surface area contributed by atoms with E-state index < -0.39 is 0 Å². The van der Waals surface area contributed by atoms with Crippen molar-refractivity contribution < 1.29 is 0 Å². The summed E-state index contributed by atoms with van der Waals surface area (Å²) in [5.41, 5.74) is 1.30. The van der Waals surface area contributed by atoms with E-state index in [-0.39, 0.29) is 0 Å². The van der Waals surface area contributed by atoms with Gasteiger partial charge in [-0.1, -0.05) is 42.1 Å². The number of benzene rings is 1. The van der Waals surface area contributed by atoms with Gasteiger partial charge in [0.2, 0.25) is 5.16 Å². The Balaban J connectivity index is 2.07. The number of hydrogen-bond donors (Lipinski definition) is 1. The van der Waals surface area contributed by atoms with Crippen molar-refractivity contribution in [3.8, 4) is 0 Å². The first kappa shape index (κ1) is 10.2. The van der Waals surface area contributed by atoms with E-state index in [4.69, 9.17) is 0 Å². The molecule has 0 fully saturated rings. The summed E-state index contributed by atoms with van der Waals surface area (Å²) in [4.78, 5) is 4.27. The lowest BCUT2D eigenvalue weighted by atomic mass is 10.2. The van der Waals surface area contributed by atoms with Gasteiger partial charge in [0.05, 0.1) is 0 Å². The van der Waals surface area contributed by atoms with Crippen LogP contribution in [0.4, 0.5) is 0 Å². The SMILES string of the molecule is Cc1nc(S[C@H](C)c2ccccc2)n[nH]1. The van der Waals surface area contributed by atoms with Crippen LogP contribution in [0.5, 0.6) is 0 Å². The molecule has 78 valence electrons. The Morgan fingerprint density at radius 1 is 1.27 bits per heavy atom. The van der Waals surface area contributed by atoms with Gasteiger partial charge in [-0.05, 0) is 19.4 Å². The first-order valence-electron chi connectivity index (χ1n) is 4.86. The Morgan fingerprint density at radius 2 is 2.00 bits per heavy atom. The average Bonchev–Trinajstić information content (AvgIpc) is 2.65. The van der Waals surface area contributed by atoms with Crippen LogP contribution in [-0.4, -0.2) is 15.2 Å². The quantitative estimate of drug-likeness (QED) is 0.807. The van der Waals surface area contributed by atoms with Crippen LogP contribution >= 0.6 is 11.8 Å². The Labute approximate surface area is 93.3 Å². The van der Waals surface area contributed by atoms with Gasteiger partial charge in [0.1, 0.15) is 5.82 Å². The highest BCUT2D eigenvalue weighted by Crippen LogP contribution is 2.32. The third-order valence-electron chi connectivity index (χ3n) is 2.13. The molecule has 0 aliphatic carbocycles. The summed E-state index contributed by atoms with van der Waals surface area (Å²) in [7, 11) is 0. The third kappa shape index (κ3) is 2.59. The number of aromatic nitrogens is 3. The summed E-state index contributed by atoms with van der Waals surface area (Å²) in [6, 6.07) is 10.4. The zero-order chi connectivity index (χ0) is 10.7. The van der Waals surface area contributed by atoms with E-state index in [9.17, 15) is 0 Å². The first-order chi connectivity index (χ1) is 7.25. The summed E-state index contributed by atoms with van der Waals surface area (Å²) >= 11 is 1.66. The van der Waals surface area contributed by atoms with Crippen molar-refractivity contribution in [3.05, 3.63) is 41.7 Å². The second-order valence-corrected chi connectivity index (χ2v) is 4.68. The summed E-state index contributed by atoms with van der Waals surface area (Å²) in [5, 5.41) is 8.14. The molecule has 0 unspecified atom stereocenters. The molecule has 1 aromatic heterocycles. The monoisotopic (exact) mass is 219 g/mol. The molecule has 0 saturated heterocycles. The molecule has 0 saturated carbocycles. The normalized spacial score (nSPS) is 12.7. The highest BCUT2D eigenvalue weighted by atomic mass is 32.2. The minimum Gasteiger partial charge on any atom is -0.262 e. The molecule has 1 heterocycles. The molecule has 1 atom stereocenters. The lowest BCUT2D eigenvalue weighted by molar-refractivity contribution is 0.957. The predicted octanol–water partition coefficient (Wildman–Crippen LogP) is 2.97. The Bertz CT molecular complexity index is 424. The van der Waals surface area contributed by atoms with Gasteiger partial charge in [-0.15, -0.1) is 5.10 Å². The fraction of sp³-hybridized carbons (Fsp3) is 0.273. The van der Waals surface area contributed by atoms with E-state index in [1.165, 1.54) is 5.56 Å². The minimum atomic E-state index is 0.376. The molecule has 0 bridgehead atoms. The molecule has 0 spiro atoms. The summed E-state index contributed by atoms with van der Waals surface area (Å²) in [6.45, 7) is 4.07. The molecule has 2 rings (SSSR count). The van der Waals surface area contributed by atoms with E-state index >= 15 is 0 Å². The maximum Gasteiger partial charge on any atom is 0.209 e. The first-order valence-corrected chi connectivity index (χ1v) is 5.74.